The van der Waals surface area contributed by atoms with Crippen LogP contribution in [0.3, 0.4) is 0 Å². The zero-order valence-electron chi connectivity index (χ0n) is 12.2. The molecule has 0 fully saturated rings. The van der Waals surface area contributed by atoms with Crippen LogP contribution < -0.4 is 5.73 Å². The van der Waals surface area contributed by atoms with Gasteiger partial charge in [-0.15, -0.1) is 0 Å². The van der Waals surface area contributed by atoms with E-state index in [1.165, 1.54) is 11.1 Å². The van der Waals surface area contributed by atoms with Gasteiger partial charge in [-0.1, -0.05) is 24.3 Å². The molecule has 0 aliphatic carbocycles. The van der Waals surface area contributed by atoms with Crippen molar-refractivity contribution in [2.75, 3.05) is 12.3 Å². The molecule has 2 N–H and O–H groups in total. The van der Waals surface area contributed by atoms with Crippen molar-refractivity contribution in [1.82, 2.24) is 14.7 Å². The Bertz CT molecular complexity index is 662. The highest BCUT2D eigenvalue weighted by atomic mass is 16.2. The van der Waals surface area contributed by atoms with Gasteiger partial charge in [-0.3, -0.25) is 9.48 Å². The number of nitrogens with two attached hydrogens (primary N) is 1. The van der Waals surface area contributed by atoms with E-state index < -0.39 is 0 Å². The van der Waals surface area contributed by atoms with Gasteiger partial charge in [-0.25, -0.2) is 0 Å². The van der Waals surface area contributed by atoms with Crippen molar-refractivity contribution < 1.29 is 4.79 Å². The summed E-state index contributed by atoms with van der Waals surface area (Å²) in [5.41, 5.74) is 9.31. The van der Waals surface area contributed by atoms with E-state index in [0.717, 1.165) is 19.4 Å². The third-order valence-electron chi connectivity index (χ3n) is 3.96. The Morgan fingerprint density at radius 2 is 2.10 bits per heavy atom. The number of carbonyl (C=O) groups excluding carboxylic acids is 1. The normalized spacial score (nSPS) is 14.6. The number of amides is 1. The van der Waals surface area contributed by atoms with Gasteiger partial charge in [-0.05, 0) is 30.9 Å². The van der Waals surface area contributed by atoms with E-state index in [9.17, 15) is 4.79 Å². The van der Waals surface area contributed by atoms with Crippen molar-refractivity contribution in [2.45, 2.75) is 32.9 Å². The molecule has 0 radical (unpaired) electrons. The fourth-order valence-electron chi connectivity index (χ4n) is 2.79. The topological polar surface area (TPSA) is 64.2 Å². The van der Waals surface area contributed by atoms with Gasteiger partial charge in [0.05, 0.1) is 5.69 Å². The molecule has 0 unspecified atom stereocenters. The molecule has 2 aromatic rings. The van der Waals surface area contributed by atoms with Crippen molar-refractivity contribution in [3.05, 3.63) is 47.3 Å². The van der Waals surface area contributed by atoms with E-state index in [1.807, 2.05) is 17.9 Å². The molecule has 21 heavy (non-hydrogen) atoms. The molecule has 1 aromatic carbocycles. The minimum Gasteiger partial charge on any atom is -0.396 e. The second-order valence-electron chi connectivity index (χ2n) is 5.39. The van der Waals surface area contributed by atoms with Crippen LogP contribution in [0.1, 0.15) is 35.0 Å². The molecular weight excluding hydrogens is 264 g/mol. The smallest absolute Gasteiger partial charge is 0.276 e. The molecule has 5 nitrogen and oxygen atoms in total. The highest BCUT2D eigenvalue weighted by molar-refractivity contribution is 5.97. The number of nitrogen functional groups attached to an aromatic ring is 1. The average molecular weight is 284 g/mol. The summed E-state index contributed by atoms with van der Waals surface area (Å²) < 4.78 is 1.70. The lowest BCUT2D eigenvalue weighted by Gasteiger charge is -2.20. The third kappa shape index (κ3) is 2.63. The number of carbonyl (C=O) groups is 1. The van der Waals surface area contributed by atoms with Crippen molar-refractivity contribution in [2.24, 2.45) is 0 Å². The van der Waals surface area contributed by atoms with Crippen LogP contribution in [0.5, 0.6) is 0 Å². The maximum absolute atomic E-state index is 12.7. The SMILES string of the molecule is CCn1cc(N)c(C(=O)N2CCCc3ccccc3C2)n1. The third-order valence-corrected chi connectivity index (χ3v) is 3.96. The molecule has 2 heterocycles. The van der Waals surface area contributed by atoms with Crippen molar-refractivity contribution in [3.63, 3.8) is 0 Å². The quantitative estimate of drug-likeness (QED) is 0.918. The van der Waals surface area contributed by atoms with Crippen molar-refractivity contribution in [1.29, 1.82) is 0 Å². The summed E-state index contributed by atoms with van der Waals surface area (Å²) in [6.07, 6.45) is 3.70. The first-order valence-electron chi connectivity index (χ1n) is 7.38. The Morgan fingerprint density at radius 3 is 2.81 bits per heavy atom. The fraction of sp³-hybridized carbons (Fsp3) is 0.375. The first-order valence-corrected chi connectivity index (χ1v) is 7.38. The summed E-state index contributed by atoms with van der Waals surface area (Å²) in [4.78, 5) is 14.5. The molecule has 0 saturated carbocycles. The zero-order chi connectivity index (χ0) is 14.8. The number of nitrogens with zero attached hydrogens (tertiary/aromatic N) is 3. The monoisotopic (exact) mass is 284 g/mol. The van der Waals surface area contributed by atoms with Gasteiger partial charge in [-0.2, -0.15) is 5.10 Å². The van der Waals surface area contributed by atoms with Crippen LogP contribution in [0.4, 0.5) is 5.69 Å². The van der Waals surface area contributed by atoms with Gasteiger partial charge in [0.25, 0.3) is 5.91 Å². The number of fused-ring (bicyclic) bond motifs is 1. The van der Waals surface area contributed by atoms with Crippen molar-refractivity contribution >= 4 is 11.6 Å². The number of benzene rings is 1. The van der Waals surface area contributed by atoms with E-state index in [4.69, 9.17) is 5.73 Å². The Morgan fingerprint density at radius 1 is 1.33 bits per heavy atom. The predicted octanol–water partition coefficient (Wildman–Crippen LogP) is 2.07. The van der Waals surface area contributed by atoms with Crippen LogP contribution >= 0.6 is 0 Å². The standard InChI is InChI=1S/C16H20N4O/c1-2-20-11-14(17)15(18-20)16(21)19-9-5-8-12-6-3-4-7-13(12)10-19/h3-4,6-7,11H,2,5,8-10,17H2,1H3. The molecule has 0 bridgehead atoms. The number of aryl methyl sites for hydroxylation is 2. The fourth-order valence-corrected chi connectivity index (χ4v) is 2.79. The van der Waals surface area contributed by atoms with E-state index >= 15 is 0 Å². The molecule has 3 rings (SSSR count). The molecule has 5 heteroatoms. The van der Waals surface area contributed by atoms with E-state index in [1.54, 1.807) is 10.9 Å². The molecule has 0 spiro atoms. The first kappa shape index (κ1) is 13.7. The second kappa shape index (κ2) is 5.60. The van der Waals surface area contributed by atoms with Crippen LogP contribution in [0.25, 0.3) is 0 Å². The summed E-state index contributed by atoms with van der Waals surface area (Å²) in [5, 5.41) is 4.29. The van der Waals surface area contributed by atoms with E-state index in [2.05, 4.69) is 23.3 Å². The predicted molar refractivity (Wildman–Crippen MR) is 81.8 cm³/mol. The molecule has 110 valence electrons. The highest BCUT2D eigenvalue weighted by Gasteiger charge is 2.23. The maximum Gasteiger partial charge on any atom is 0.276 e. The lowest BCUT2D eigenvalue weighted by molar-refractivity contribution is 0.0740. The molecule has 0 atom stereocenters. The second-order valence-corrected chi connectivity index (χ2v) is 5.39. The van der Waals surface area contributed by atoms with E-state index in [-0.39, 0.29) is 5.91 Å². The Labute approximate surface area is 124 Å². The summed E-state index contributed by atoms with van der Waals surface area (Å²) in [6.45, 7) is 4.06. The number of aromatic nitrogens is 2. The van der Waals surface area contributed by atoms with Crippen LogP contribution in [0.15, 0.2) is 30.5 Å². The molecule has 1 aromatic heterocycles. The molecule has 1 amide bonds. The molecule has 1 aliphatic heterocycles. The number of rotatable bonds is 2. The van der Waals surface area contributed by atoms with Gasteiger partial charge in [0, 0.05) is 25.8 Å². The van der Waals surface area contributed by atoms with Gasteiger partial charge in [0.1, 0.15) is 0 Å². The van der Waals surface area contributed by atoms with E-state index in [0.29, 0.717) is 24.5 Å². The van der Waals surface area contributed by atoms with Gasteiger partial charge < -0.3 is 10.6 Å². The van der Waals surface area contributed by atoms with Crippen LogP contribution in [0, 0.1) is 0 Å². The molecule has 1 aliphatic rings. The zero-order valence-corrected chi connectivity index (χ0v) is 12.2. The Kier molecular flexibility index (Phi) is 3.64. The lowest BCUT2D eigenvalue weighted by Crippen LogP contribution is -2.31. The lowest BCUT2D eigenvalue weighted by atomic mass is 10.0. The largest absolute Gasteiger partial charge is 0.396 e. The number of anilines is 1. The minimum absolute atomic E-state index is 0.0728. The average Bonchev–Trinajstić information content (AvgIpc) is 2.75. The van der Waals surface area contributed by atoms with Gasteiger partial charge in [0.15, 0.2) is 5.69 Å². The molecule has 0 saturated heterocycles. The van der Waals surface area contributed by atoms with Crippen LogP contribution in [0.2, 0.25) is 0 Å². The summed E-state index contributed by atoms with van der Waals surface area (Å²) in [6, 6.07) is 8.31. The first-order chi connectivity index (χ1) is 10.2. The number of hydrogen-bond donors (Lipinski definition) is 1. The summed E-state index contributed by atoms with van der Waals surface area (Å²) in [7, 11) is 0. The maximum atomic E-state index is 12.7. The number of hydrogen-bond acceptors (Lipinski definition) is 3. The minimum atomic E-state index is -0.0728. The molecular formula is C16H20N4O. The highest BCUT2D eigenvalue weighted by Crippen LogP contribution is 2.21. The summed E-state index contributed by atoms with van der Waals surface area (Å²) >= 11 is 0. The summed E-state index contributed by atoms with van der Waals surface area (Å²) in [5.74, 6) is -0.0728. The van der Waals surface area contributed by atoms with Crippen molar-refractivity contribution in [3.8, 4) is 0 Å². The Hall–Kier alpha value is -2.30. The Balaban J connectivity index is 1.86. The van der Waals surface area contributed by atoms with Crippen LogP contribution in [-0.4, -0.2) is 27.1 Å². The van der Waals surface area contributed by atoms with Gasteiger partial charge >= 0.3 is 0 Å². The van der Waals surface area contributed by atoms with Crippen LogP contribution in [-0.2, 0) is 19.5 Å². The van der Waals surface area contributed by atoms with Gasteiger partial charge in [0.2, 0.25) is 0 Å².